The third-order valence-corrected chi connectivity index (χ3v) is 2.83. The Bertz CT molecular complexity index is 175. The summed E-state index contributed by atoms with van der Waals surface area (Å²) in [5.41, 5.74) is 0. The zero-order chi connectivity index (χ0) is 10.7. The summed E-state index contributed by atoms with van der Waals surface area (Å²) in [7, 11) is 0. The van der Waals surface area contributed by atoms with E-state index in [1.54, 1.807) is 0 Å². The number of hydrogen-bond acceptors (Lipinski definition) is 2. The molecule has 0 radical (unpaired) electrons. The van der Waals surface area contributed by atoms with Crippen molar-refractivity contribution in [2.24, 2.45) is 0 Å². The topological polar surface area (TPSA) is 12.5 Å². The molecule has 1 rings (SSSR count). The van der Waals surface area contributed by atoms with Crippen molar-refractivity contribution in [2.75, 3.05) is 13.1 Å². The molecule has 0 unspecified atom stereocenters. The lowest BCUT2D eigenvalue weighted by Gasteiger charge is -2.29. The lowest BCUT2D eigenvalue weighted by atomic mass is 10.1. The summed E-state index contributed by atoms with van der Waals surface area (Å²) in [6, 6.07) is 0.261. The Morgan fingerprint density at radius 3 is 2.57 bits per heavy atom. The number of likely N-dealkylation sites (tertiary alicyclic amines) is 1. The fourth-order valence-corrected chi connectivity index (χ4v) is 2.25. The molecular formula is C11H22FNO. The number of likely N-dealkylation sites (N-methyl/N-ethyl adjacent to an activating group) is 1. The third-order valence-electron chi connectivity index (χ3n) is 2.83. The fraction of sp³-hybridized carbons (Fsp3) is 1.00. The van der Waals surface area contributed by atoms with Crippen LogP contribution < -0.4 is 0 Å². The Morgan fingerprint density at radius 2 is 2.07 bits per heavy atom. The molecule has 0 aromatic rings. The van der Waals surface area contributed by atoms with Crippen molar-refractivity contribution in [1.29, 1.82) is 0 Å². The van der Waals surface area contributed by atoms with Crippen molar-refractivity contribution in [3.05, 3.63) is 0 Å². The van der Waals surface area contributed by atoms with E-state index in [-0.39, 0.29) is 18.2 Å². The van der Waals surface area contributed by atoms with Gasteiger partial charge in [0.25, 0.3) is 0 Å². The minimum Gasteiger partial charge on any atom is -0.374 e. The minimum absolute atomic E-state index is 0.135. The van der Waals surface area contributed by atoms with Crippen LogP contribution in [0.1, 0.15) is 34.1 Å². The molecule has 3 heteroatoms. The first-order chi connectivity index (χ1) is 6.54. The van der Waals surface area contributed by atoms with E-state index in [0.29, 0.717) is 13.0 Å². The van der Waals surface area contributed by atoms with Crippen molar-refractivity contribution >= 4 is 0 Å². The predicted molar refractivity (Wildman–Crippen MR) is 56.2 cm³/mol. The maximum Gasteiger partial charge on any atom is 0.114 e. The van der Waals surface area contributed by atoms with Crippen molar-refractivity contribution in [1.82, 2.24) is 4.90 Å². The largest absolute Gasteiger partial charge is 0.374 e. The van der Waals surface area contributed by atoms with Crippen molar-refractivity contribution in [3.8, 4) is 0 Å². The zero-order valence-electron chi connectivity index (χ0n) is 9.66. The molecule has 0 aromatic carbocycles. The highest BCUT2D eigenvalue weighted by molar-refractivity contribution is 4.88. The molecule has 0 aliphatic carbocycles. The van der Waals surface area contributed by atoms with Crippen LogP contribution in [0.15, 0.2) is 0 Å². The van der Waals surface area contributed by atoms with Gasteiger partial charge in [-0.25, -0.2) is 4.39 Å². The van der Waals surface area contributed by atoms with E-state index in [4.69, 9.17) is 4.74 Å². The van der Waals surface area contributed by atoms with Crippen LogP contribution in [0.2, 0.25) is 0 Å². The Hall–Kier alpha value is -0.150. The summed E-state index contributed by atoms with van der Waals surface area (Å²) < 4.78 is 18.9. The van der Waals surface area contributed by atoms with Gasteiger partial charge in [0.05, 0.1) is 12.2 Å². The number of alkyl halides is 1. The molecule has 0 amide bonds. The molecule has 0 bridgehead atoms. The van der Waals surface area contributed by atoms with E-state index in [1.807, 2.05) is 20.8 Å². The number of hydrogen-bond donors (Lipinski definition) is 0. The summed E-state index contributed by atoms with van der Waals surface area (Å²) in [5, 5.41) is 0. The maximum absolute atomic E-state index is 13.2. The lowest BCUT2D eigenvalue weighted by molar-refractivity contribution is -0.0240. The average molecular weight is 203 g/mol. The van der Waals surface area contributed by atoms with Gasteiger partial charge in [-0.2, -0.15) is 0 Å². The van der Waals surface area contributed by atoms with Crippen molar-refractivity contribution < 1.29 is 9.13 Å². The normalized spacial score (nSPS) is 31.3. The Balaban J connectivity index is 2.48. The molecule has 0 spiro atoms. The smallest absolute Gasteiger partial charge is 0.114 e. The van der Waals surface area contributed by atoms with E-state index in [9.17, 15) is 4.39 Å². The second-order valence-electron chi connectivity index (χ2n) is 4.38. The second kappa shape index (κ2) is 5.08. The quantitative estimate of drug-likeness (QED) is 0.694. The standard InChI is InChI=1S/C11H22FNO/c1-5-13-7-10(12)6-11(13)9(4)14-8(2)3/h8-11H,5-7H2,1-4H3/t9-,10+,11-/m0/s1. The molecule has 1 aliphatic rings. The molecule has 2 nitrogen and oxygen atoms in total. The highest BCUT2D eigenvalue weighted by Gasteiger charge is 2.35. The van der Waals surface area contributed by atoms with E-state index >= 15 is 0 Å². The van der Waals surface area contributed by atoms with Crippen molar-refractivity contribution in [3.63, 3.8) is 0 Å². The van der Waals surface area contributed by atoms with Gasteiger partial charge in [-0.1, -0.05) is 6.92 Å². The van der Waals surface area contributed by atoms with Crippen LogP contribution in [0.25, 0.3) is 0 Å². The summed E-state index contributed by atoms with van der Waals surface area (Å²) in [6.45, 7) is 9.66. The number of nitrogens with zero attached hydrogens (tertiary/aromatic N) is 1. The van der Waals surface area contributed by atoms with Gasteiger partial charge in [-0.05, 0) is 33.7 Å². The molecule has 1 aliphatic heterocycles. The predicted octanol–water partition coefficient (Wildman–Crippen LogP) is 2.23. The Kier molecular flexibility index (Phi) is 4.32. The number of halogens is 1. The molecule has 84 valence electrons. The van der Waals surface area contributed by atoms with Crippen LogP contribution in [0.3, 0.4) is 0 Å². The van der Waals surface area contributed by atoms with Crippen LogP contribution in [-0.2, 0) is 4.74 Å². The first kappa shape index (κ1) is 11.9. The molecule has 0 saturated carbocycles. The fourth-order valence-electron chi connectivity index (χ4n) is 2.25. The van der Waals surface area contributed by atoms with Gasteiger partial charge >= 0.3 is 0 Å². The average Bonchev–Trinajstić information content (AvgIpc) is 2.45. The lowest BCUT2D eigenvalue weighted by Crippen LogP contribution is -2.39. The Morgan fingerprint density at radius 1 is 1.43 bits per heavy atom. The Labute approximate surface area is 86.4 Å². The van der Waals surface area contributed by atoms with Gasteiger partial charge < -0.3 is 4.74 Å². The van der Waals surface area contributed by atoms with Gasteiger partial charge in [0.15, 0.2) is 0 Å². The molecule has 3 atom stereocenters. The van der Waals surface area contributed by atoms with Gasteiger partial charge in [0, 0.05) is 12.6 Å². The molecule has 1 fully saturated rings. The molecule has 1 saturated heterocycles. The first-order valence-electron chi connectivity index (χ1n) is 5.58. The van der Waals surface area contributed by atoms with Crippen LogP contribution in [0, 0.1) is 0 Å². The highest BCUT2D eigenvalue weighted by Crippen LogP contribution is 2.24. The molecule has 0 aromatic heterocycles. The van der Waals surface area contributed by atoms with Crippen LogP contribution in [0.4, 0.5) is 4.39 Å². The van der Waals surface area contributed by atoms with Crippen LogP contribution >= 0.6 is 0 Å². The van der Waals surface area contributed by atoms with E-state index in [0.717, 1.165) is 6.54 Å². The highest BCUT2D eigenvalue weighted by atomic mass is 19.1. The zero-order valence-corrected chi connectivity index (χ0v) is 9.66. The second-order valence-corrected chi connectivity index (χ2v) is 4.38. The van der Waals surface area contributed by atoms with E-state index in [1.165, 1.54) is 0 Å². The molecule has 1 heterocycles. The minimum atomic E-state index is -0.668. The number of ether oxygens (including phenoxy) is 1. The monoisotopic (exact) mass is 203 g/mol. The van der Waals surface area contributed by atoms with E-state index < -0.39 is 6.17 Å². The van der Waals surface area contributed by atoms with Gasteiger partial charge in [-0.3, -0.25) is 4.90 Å². The maximum atomic E-state index is 13.2. The SMILES string of the molecule is CCN1C[C@H](F)C[C@H]1[C@H](C)OC(C)C. The molecular weight excluding hydrogens is 181 g/mol. The first-order valence-corrected chi connectivity index (χ1v) is 5.58. The molecule has 0 N–H and O–H groups in total. The summed E-state index contributed by atoms with van der Waals surface area (Å²) in [4.78, 5) is 2.18. The van der Waals surface area contributed by atoms with Gasteiger partial charge in [0.2, 0.25) is 0 Å². The third kappa shape index (κ3) is 2.92. The van der Waals surface area contributed by atoms with Crippen LogP contribution in [-0.4, -0.2) is 42.4 Å². The molecule has 14 heavy (non-hydrogen) atoms. The summed E-state index contributed by atoms with van der Waals surface area (Å²) in [6.07, 6.45) is 0.318. The van der Waals surface area contributed by atoms with Crippen molar-refractivity contribution in [2.45, 2.75) is 58.5 Å². The van der Waals surface area contributed by atoms with Gasteiger partial charge in [-0.15, -0.1) is 0 Å². The summed E-state index contributed by atoms with van der Waals surface area (Å²) >= 11 is 0. The van der Waals surface area contributed by atoms with Gasteiger partial charge in [0.1, 0.15) is 6.17 Å². The van der Waals surface area contributed by atoms with E-state index in [2.05, 4.69) is 11.8 Å². The van der Waals surface area contributed by atoms with Crippen LogP contribution in [0.5, 0.6) is 0 Å². The number of rotatable bonds is 4. The summed E-state index contributed by atoms with van der Waals surface area (Å²) in [5.74, 6) is 0.